The van der Waals surface area contributed by atoms with E-state index >= 15 is 0 Å². The standard InChI is InChI=1S/C25H21BrF3N5O2/c1-13-22(14(2)34(33-13)12-15-4-6-16(7-5-15)23(35)30-3)32-24(36)19-11-21(25(27,28)29)31-20-9-8-17(26)10-18(19)20/h4-11H,12H2,1-3H3,(H,30,35)(H,32,36). The largest absolute Gasteiger partial charge is 0.433 e. The second-order valence-corrected chi connectivity index (χ2v) is 9.06. The highest BCUT2D eigenvalue weighted by Gasteiger charge is 2.34. The SMILES string of the molecule is CNC(=O)c1ccc(Cn2nc(C)c(NC(=O)c3cc(C(F)(F)F)nc4ccc(Br)cc34)c2C)cc1. The molecule has 0 aliphatic carbocycles. The number of aryl methyl sites for hydroxylation is 1. The molecule has 0 saturated carbocycles. The van der Waals surface area contributed by atoms with Gasteiger partial charge in [0.15, 0.2) is 0 Å². The van der Waals surface area contributed by atoms with Crippen molar-refractivity contribution in [2.75, 3.05) is 12.4 Å². The van der Waals surface area contributed by atoms with E-state index < -0.39 is 17.8 Å². The number of aromatic nitrogens is 3. The zero-order valence-corrected chi connectivity index (χ0v) is 21.1. The molecule has 0 aliphatic heterocycles. The average molecular weight is 560 g/mol. The molecule has 2 N–H and O–H groups in total. The number of anilines is 1. The average Bonchev–Trinajstić information content (AvgIpc) is 3.09. The molecular formula is C25H21BrF3N5O2. The Kier molecular flexibility index (Phi) is 6.85. The van der Waals surface area contributed by atoms with Gasteiger partial charge in [-0.25, -0.2) is 4.98 Å². The molecule has 0 fully saturated rings. The topological polar surface area (TPSA) is 88.9 Å². The van der Waals surface area contributed by atoms with Gasteiger partial charge >= 0.3 is 6.18 Å². The van der Waals surface area contributed by atoms with Crippen molar-refractivity contribution in [1.29, 1.82) is 0 Å². The molecule has 2 amide bonds. The molecule has 0 atom stereocenters. The highest BCUT2D eigenvalue weighted by molar-refractivity contribution is 9.10. The number of hydrogen-bond acceptors (Lipinski definition) is 4. The predicted molar refractivity (Wildman–Crippen MR) is 133 cm³/mol. The lowest BCUT2D eigenvalue weighted by Crippen LogP contribution is -2.17. The number of nitrogens with zero attached hydrogens (tertiary/aromatic N) is 3. The van der Waals surface area contributed by atoms with Crippen LogP contribution in [0.25, 0.3) is 10.9 Å². The molecule has 186 valence electrons. The normalized spacial score (nSPS) is 11.5. The van der Waals surface area contributed by atoms with Gasteiger partial charge in [-0.05, 0) is 55.8 Å². The van der Waals surface area contributed by atoms with Gasteiger partial charge in [0.1, 0.15) is 5.69 Å². The minimum atomic E-state index is -4.71. The number of carbonyl (C=O) groups is 2. The fourth-order valence-corrected chi connectivity index (χ4v) is 4.18. The first-order chi connectivity index (χ1) is 17.0. The molecule has 36 heavy (non-hydrogen) atoms. The first kappa shape index (κ1) is 25.4. The second kappa shape index (κ2) is 9.73. The summed E-state index contributed by atoms with van der Waals surface area (Å²) < 4.78 is 42.7. The molecule has 0 unspecified atom stereocenters. The van der Waals surface area contributed by atoms with Crippen LogP contribution in [0.4, 0.5) is 18.9 Å². The van der Waals surface area contributed by atoms with Crippen molar-refractivity contribution < 1.29 is 22.8 Å². The zero-order chi connectivity index (χ0) is 26.2. The minimum absolute atomic E-state index is 0.0579. The smallest absolute Gasteiger partial charge is 0.355 e. The van der Waals surface area contributed by atoms with Crippen molar-refractivity contribution in [2.45, 2.75) is 26.6 Å². The minimum Gasteiger partial charge on any atom is -0.355 e. The quantitative estimate of drug-likeness (QED) is 0.338. The Hall–Kier alpha value is -3.73. The van der Waals surface area contributed by atoms with Gasteiger partial charge < -0.3 is 10.6 Å². The Morgan fingerprint density at radius 2 is 1.72 bits per heavy atom. The zero-order valence-electron chi connectivity index (χ0n) is 19.5. The summed E-state index contributed by atoms with van der Waals surface area (Å²) in [5, 5.41) is 10.1. The van der Waals surface area contributed by atoms with Crippen molar-refractivity contribution in [3.63, 3.8) is 0 Å². The van der Waals surface area contributed by atoms with Crippen LogP contribution in [0.2, 0.25) is 0 Å². The van der Waals surface area contributed by atoms with E-state index in [1.807, 2.05) is 0 Å². The van der Waals surface area contributed by atoms with Crippen molar-refractivity contribution in [3.8, 4) is 0 Å². The summed E-state index contributed by atoms with van der Waals surface area (Å²) in [7, 11) is 1.56. The van der Waals surface area contributed by atoms with Gasteiger partial charge in [-0.1, -0.05) is 28.1 Å². The number of alkyl halides is 3. The number of fused-ring (bicyclic) bond motifs is 1. The molecule has 0 spiro atoms. The maximum atomic E-state index is 13.5. The van der Waals surface area contributed by atoms with Gasteiger partial charge in [-0.15, -0.1) is 0 Å². The molecular weight excluding hydrogens is 539 g/mol. The third-order valence-corrected chi connectivity index (χ3v) is 6.19. The lowest BCUT2D eigenvalue weighted by molar-refractivity contribution is -0.140. The number of pyridine rings is 1. The van der Waals surface area contributed by atoms with E-state index in [9.17, 15) is 22.8 Å². The van der Waals surface area contributed by atoms with Crippen LogP contribution in [-0.2, 0) is 12.7 Å². The molecule has 7 nitrogen and oxygen atoms in total. The maximum absolute atomic E-state index is 13.5. The van der Waals surface area contributed by atoms with E-state index in [-0.39, 0.29) is 22.4 Å². The first-order valence-electron chi connectivity index (χ1n) is 10.8. The predicted octanol–water partition coefficient (Wildman–Crippen LogP) is 5.49. The Labute approximate surface area is 212 Å². The molecule has 0 bridgehead atoms. The Balaban J connectivity index is 1.65. The van der Waals surface area contributed by atoms with Crippen molar-refractivity contribution in [2.24, 2.45) is 0 Å². The lowest BCUT2D eigenvalue weighted by Gasteiger charge is -2.13. The summed E-state index contributed by atoms with van der Waals surface area (Å²) >= 11 is 3.30. The molecule has 2 aromatic heterocycles. The Morgan fingerprint density at radius 1 is 1.03 bits per heavy atom. The van der Waals surface area contributed by atoms with Crippen LogP contribution in [0, 0.1) is 13.8 Å². The molecule has 2 aromatic carbocycles. The van der Waals surface area contributed by atoms with E-state index in [0.29, 0.717) is 33.7 Å². The van der Waals surface area contributed by atoms with Crippen molar-refractivity contribution in [3.05, 3.63) is 86.8 Å². The third-order valence-electron chi connectivity index (χ3n) is 5.70. The first-order valence-corrected chi connectivity index (χ1v) is 11.6. The summed E-state index contributed by atoms with van der Waals surface area (Å²) in [6, 6.07) is 12.3. The summed E-state index contributed by atoms with van der Waals surface area (Å²) in [6.07, 6.45) is -4.71. The third kappa shape index (κ3) is 5.11. The Morgan fingerprint density at radius 3 is 2.36 bits per heavy atom. The number of hydrogen-bond donors (Lipinski definition) is 2. The van der Waals surface area contributed by atoms with Gasteiger partial charge in [0.25, 0.3) is 11.8 Å². The molecule has 2 heterocycles. The van der Waals surface area contributed by atoms with E-state index in [2.05, 4.69) is 36.6 Å². The van der Waals surface area contributed by atoms with E-state index in [1.54, 1.807) is 62.0 Å². The van der Waals surface area contributed by atoms with Crippen molar-refractivity contribution in [1.82, 2.24) is 20.1 Å². The molecule has 0 saturated heterocycles. The van der Waals surface area contributed by atoms with Crippen LogP contribution in [-0.4, -0.2) is 33.6 Å². The van der Waals surface area contributed by atoms with Crippen LogP contribution in [0.5, 0.6) is 0 Å². The van der Waals surface area contributed by atoms with Gasteiger partial charge in [0.2, 0.25) is 0 Å². The summed E-state index contributed by atoms with van der Waals surface area (Å²) in [4.78, 5) is 28.6. The summed E-state index contributed by atoms with van der Waals surface area (Å²) in [5.74, 6) is -0.895. The molecule has 11 heteroatoms. The number of nitrogens with one attached hydrogen (secondary N) is 2. The van der Waals surface area contributed by atoms with Gasteiger partial charge in [-0.2, -0.15) is 18.3 Å². The second-order valence-electron chi connectivity index (χ2n) is 8.15. The number of halogens is 4. The van der Waals surface area contributed by atoms with Crippen molar-refractivity contribution >= 4 is 44.3 Å². The Bertz CT molecular complexity index is 1480. The van der Waals surface area contributed by atoms with Gasteiger partial charge in [-0.3, -0.25) is 14.3 Å². The summed E-state index contributed by atoms with van der Waals surface area (Å²) in [5.41, 5.74) is 1.72. The number of benzene rings is 2. The van der Waals surface area contributed by atoms with Crippen LogP contribution < -0.4 is 10.6 Å². The van der Waals surface area contributed by atoms with Crippen LogP contribution in [0.15, 0.2) is 53.0 Å². The molecule has 0 aliphatic rings. The summed E-state index contributed by atoms with van der Waals surface area (Å²) in [6.45, 7) is 3.84. The lowest BCUT2D eigenvalue weighted by atomic mass is 10.1. The monoisotopic (exact) mass is 559 g/mol. The van der Waals surface area contributed by atoms with Crippen LogP contribution in [0.1, 0.15) is 43.4 Å². The fourth-order valence-electron chi connectivity index (χ4n) is 3.82. The maximum Gasteiger partial charge on any atom is 0.433 e. The number of rotatable bonds is 5. The highest BCUT2D eigenvalue weighted by Crippen LogP contribution is 2.32. The van der Waals surface area contributed by atoms with Gasteiger partial charge in [0.05, 0.1) is 34.7 Å². The van der Waals surface area contributed by atoms with Gasteiger partial charge in [0, 0.05) is 22.5 Å². The van der Waals surface area contributed by atoms with E-state index in [0.717, 1.165) is 11.6 Å². The van der Waals surface area contributed by atoms with E-state index in [1.165, 1.54) is 6.07 Å². The molecule has 0 radical (unpaired) electrons. The van der Waals surface area contributed by atoms with Crippen LogP contribution >= 0.6 is 15.9 Å². The molecule has 4 rings (SSSR count). The fraction of sp³-hybridized carbons (Fsp3) is 0.200. The van der Waals surface area contributed by atoms with Crippen LogP contribution in [0.3, 0.4) is 0 Å². The van der Waals surface area contributed by atoms with E-state index in [4.69, 9.17) is 0 Å². The number of amides is 2. The highest BCUT2D eigenvalue weighted by atomic mass is 79.9. The number of carbonyl (C=O) groups excluding carboxylic acids is 2. The molecule has 4 aromatic rings.